The first-order valence-corrected chi connectivity index (χ1v) is 9.27. The van der Waals surface area contributed by atoms with Crippen LogP contribution in [0, 0.1) is 5.92 Å². The summed E-state index contributed by atoms with van der Waals surface area (Å²) in [7, 11) is 0. The summed E-state index contributed by atoms with van der Waals surface area (Å²) in [6.07, 6.45) is 3.82. The minimum Gasteiger partial charge on any atom is -0.478 e. The van der Waals surface area contributed by atoms with E-state index in [1.54, 1.807) is 43.0 Å². The van der Waals surface area contributed by atoms with Gasteiger partial charge in [-0.05, 0) is 63.8 Å². The fourth-order valence-corrected chi connectivity index (χ4v) is 3.27. The molecular formula is C19H25ClN2O3. The lowest BCUT2D eigenvalue weighted by molar-refractivity contribution is -0.148. The highest BCUT2D eigenvalue weighted by Crippen LogP contribution is 2.26. The molecule has 1 heterocycles. The lowest BCUT2D eigenvalue weighted by atomic mass is 9.95. The lowest BCUT2D eigenvalue weighted by Crippen LogP contribution is -2.53. The number of hydrogen-bond donors (Lipinski definition) is 1. The molecule has 1 aromatic carbocycles. The molecule has 1 aromatic rings. The summed E-state index contributed by atoms with van der Waals surface area (Å²) in [5.74, 6) is 0.468. The molecule has 1 saturated carbocycles. The van der Waals surface area contributed by atoms with Crippen LogP contribution in [0.2, 0.25) is 5.02 Å². The topological polar surface area (TPSA) is 58.6 Å². The molecule has 5 nitrogen and oxygen atoms in total. The van der Waals surface area contributed by atoms with Crippen LogP contribution in [-0.4, -0.2) is 41.4 Å². The molecule has 1 aliphatic carbocycles. The maximum Gasteiger partial charge on any atom is 0.266 e. The Morgan fingerprint density at radius 1 is 1.20 bits per heavy atom. The van der Waals surface area contributed by atoms with Crippen molar-refractivity contribution in [1.29, 1.82) is 0 Å². The second kappa shape index (κ2) is 7.24. The highest BCUT2D eigenvalue weighted by atomic mass is 35.5. The van der Waals surface area contributed by atoms with E-state index in [4.69, 9.17) is 16.3 Å². The molecule has 1 saturated heterocycles. The van der Waals surface area contributed by atoms with Gasteiger partial charge in [0.15, 0.2) is 5.60 Å². The van der Waals surface area contributed by atoms with Crippen LogP contribution in [-0.2, 0) is 9.59 Å². The predicted octanol–water partition coefficient (Wildman–Crippen LogP) is 3.01. The molecule has 0 bridgehead atoms. The van der Waals surface area contributed by atoms with E-state index >= 15 is 0 Å². The van der Waals surface area contributed by atoms with Crippen LogP contribution >= 0.6 is 11.6 Å². The Balaban J connectivity index is 1.61. The zero-order valence-electron chi connectivity index (χ0n) is 14.8. The molecule has 0 aromatic heterocycles. The summed E-state index contributed by atoms with van der Waals surface area (Å²) in [4.78, 5) is 27.0. The molecule has 2 amide bonds. The fourth-order valence-electron chi connectivity index (χ4n) is 3.14. The summed E-state index contributed by atoms with van der Waals surface area (Å²) in [5.41, 5.74) is -0.997. The van der Waals surface area contributed by atoms with E-state index < -0.39 is 5.60 Å². The van der Waals surface area contributed by atoms with Gasteiger partial charge in [-0.1, -0.05) is 11.6 Å². The molecule has 136 valence electrons. The van der Waals surface area contributed by atoms with Gasteiger partial charge in [-0.3, -0.25) is 9.59 Å². The number of carbonyl (C=O) groups excluding carboxylic acids is 2. The van der Waals surface area contributed by atoms with Crippen LogP contribution in [0.1, 0.15) is 39.5 Å². The van der Waals surface area contributed by atoms with Crippen molar-refractivity contribution in [3.63, 3.8) is 0 Å². The fraction of sp³-hybridized carbons (Fsp3) is 0.579. The van der Waals surface area contributed by atoms with Gasteiger partial charge in [-0.15, -0.1) is 0 Å². The van der Waals surface area contributed by atoms with E-state index in [-0.39, 0.29) is 17.7 Å². The van der Waals surface area contributed by atoms with Crippen molar-refractivity contribution >= 4 is 23.4 Å². The highest BCUT2D eigenvalue weighted by Gasteiger charge is 2.38. The molecule has 6 heteroatoms. The third-order valence-electron chi connectivity index (χ3n) is 4.70. The lowest BCUT2D eigenvalue weighted by Gasteiger charge is -2.37. The molecule has 0 radical (unpaired) electrons. The summed E-state index contributed by atoms with van der Waals surface area (Å²) in [6.45, 7) is 4.65. The SMILES string of the molecule is CC(C)(Oc1ccc(Cl)cc1)C(=O)N1CCCC(C(=O)NC2CC2)C1. The van der Waals surface area contributed by atoms with Crippen molar-refractivity contribution < 1.29 is 14.3 Å². The van der Waals surface area contributed by atoms with E-state index in [9.17, 15) is 9.59 Å². The normalized spacial score (nSPS) is 20.9. The van der Waals surface area contributed by atoms with Crippen molar-refractivity contribution in [1.82, 2.24) is 10.2 Å². The van der Waals surface area contributed by atoms with Gasteiger partial charge in [0, 0.05) is 24.2 Å². The van der Waals surface area contributed by atoms with Crippen LogP contribution in [0.5, 0.6) is 5.75 Å². The number of nitrogens with one attached hydrogen (secondary N) is 1. The Morgan fingerprint density at radius 3 is 2.52 bits per heavy atom. The van der Waals surface area contributed by atoms with Crippen LogP contribution in [0.4, 0.5) is 0 Å². The minimum atomic E-state index is -0.997. The number of amides is 2. The van der Waals surface area contributed by atoms with Crippen molar-refractivity contribution in [2.24, 2.45) is 5.92 Å². The number of benzene rings is 1. The Bertz CT molecular complexity index is 641. The van der Waals surface area contributed by atoms with E-state index in [1.807, 2.05) is 0 Å². The van der Waals surface area contributed by atoms with Crippen LogP contribution in [0.25, 0.3) is 0 Å². The molecule has 1 N–H and O–H groups in total. The Kier molecular flexibility index (Phi) is 5.23. The molecule has 3 rings (SSSR count). The van der Waals surface area contributed by atoms with Gasteiger partial charge >= 0.3 is 0 Å². The van der Waals surface area contributed by atoms with Gasteiger partial charge in [-0.25, -0.2) is 0 Å². The zero-order chi connectivity index (χ0) is 18.0. The molecule has 1 atom stereocenters. The maximum absolute atomic E-state index is 12.9. The molecular weight excluding hydrogens is 340 g/mol. The first kappa shape index (κ1) is 18.1. The molecule has 25 heavy (non-hydrogen) atoms. The molecule has 1 aliphatic heterocycles. The number of halogens is 1. The Morgan fingerprint density at radius 2 is 1.88 bits per heavy atom. The average molecular weight is 365 g/mol. The van der Waals surface area contributed by atoms with E-state index in [1.165, 1.54) is 0 Å². The number of carbonyl (C=O) groups is 2. The summed E-state index contributed by atoms with van der Waals surface area (Å²) < 4.78 is 5.89. The number of piperidine rings is 1. The average Bonchev–Trinajstić information content (AvgIpc) is 3.40. The highest BCUT2D eigenvalue weighted by molar-refractivity contribution is 6.30. The summed E-state index contributed by atoms with van der Waals surface area (Å²) >= 11 is 5.88. The van der Waals surface area contributed by atoms with Gasteiger partial charge in [0.2, 0.25) is 5.91 Å². The second-order valence-corrected chi connectivity index (χ2v) is 7.88. The third-order valence-corrected chi connectivity index (χ3v) is 4.96. The van der Waals surface area contributed by atoms with Crippen molar-refractivity contribution in [3.05, 3.63) is 29.3 Å². The molecule has 1 unspecified atom stereocenters. The van der Waals surface area contributed by atoms with Gasteiger partial charge < -0.3 is 15.0 Å². The predicted molar refractivity (Wildman–Crippen MR) is 96.6 cm³/mol. The number of rotatable bonds is 5. The largest absolute Gasteiger partial charge is 0.478 e. The molecule has 0 spiro atoms. The van der Waals surface area contributed by atoms with E-state index in [0.717, 1.165) is 25.7 Å². The van der Waals surface area contributed by atoms with Crippen LogP contribution < -0.4 is 10.1 Å². The van der Waals surface area contributed by atoms with Gasteiger partial charge in [0.05, 0.1) is 5.92 Å². The van der Waals surface area contributed by atoms with Crippen molar-refractivity contribution in [3.8, 4) is 5.75 Å². The third kappa shape index (κ3) is 4.66. The van der Waals surface area contributed by atoms with Gasteiger partial charge in [-0.2, -0.15) is 0 Å². The zero-order valence-corrected chi connectivity index (χ0v) is 15.5. The van der Waals surface area contributed by atoms with Crippen LogP contribution in [0.15, 0.2) is 24.3 Å². The second-order valence-electron chi connectivity index (χ2n) is 7.44. The Hall–Kier alpha value is -1.75. The van der Waals surface area contributed by atoms with Crippen molar-refractivity contribution in [2.75, 3.05) is 13.1 Å². The minimum absolute atomic E-state index is 0.0800. The number of nitrogens with zero attached hydrogens (tertiary/aromatic N) is 1. The maximum atomic E-state index is 12.9. The number of ether oxygens (including phenoxy) is 1. The number of hydrogen-bond acceptors (Lipinski definition) is 3. The van der Waals surface area contributed by atoms with Crippen LogP contribution in [0.3, 0.4) is 0 Å². The first-order valence-electron chi connectivity index (χ1n) is 8.89. The van der Waals surface area contributed by atoms with E-state index in [2.05, 4.69) is 5.32 Å². The quantitative estimate of drug-likeness (QED) is 0.873. The monoisotopic (exact) mass is 364 g/mol. The van der Waals surface area contributed by atoms with Gasteiger partial charge in [0.25, 0.3) is 5.91 Å². The van der Waals surface area contributed by atoms with E-state index in [0.29, 0.717) is 29.9 Å². The molecule has 2 fully saturated rings. The smallest absolute Gasteiger partial charge is 0.266 e. The van der Waals surface area contributed by atoms with Crippen molar-refractivity contribution in [2.45, 2.75) is 51.2 Å². The molecule has 2 aliphatic rings. The summed E-state index contributed by atoms with van der Waals surface area (Å²) in [5, 5.41) is 3.67. The number of likely N-dealkylation sites (tertiary alicyclic amines) is 1. The first-order chi connectivity index (χ1) is 11.8. The Labute approximate surface area is 153 Å². The summed E-state index contributed by atoms with van der Waals surface area (Å²) in [6, 6.07) is 7.31. The van der Waals surface area contributed by atoms with Gasteiger partial charge in [0.1, 0.15) is 5.75 Å². The standard InChI is InChI=1S/C19H25ClN2O3/c1-19(2,25-16-9-5-14(20)6-10-16)18(24)22-11-3-4-13(12-22)17(23)21-15-7-8-15/h5-6,9-10,13,15H,3-4,7-8,11-12H2,1-2H3,(H,21,23).